The lowest BCUT2D eigenvalue weighted by Gasteiger charge is -2.30. The second-order valence-corrected chi connectivity index (χ2v) is 9.16. The van der Waals surface area contributed by atoms with Crippen molar-refractivity contribution in [3.8, 4) is 0 Å². The smallest absolute Gasteiger partial charge is 0.255 e. The molecule has 1 atom stereocenters. The zero-order chi connectivity index (χ0) is 29.0. The van der Waals surface area contributed by atoms with Crippen LogP contribution in [0, 0.1) is 0 Å². The molecule has 2 N–H and O–H groups in total. The average Bonchev–Trinajstić information content (AvgIpc) is 2.95. The Balaban J connectivity index is 1.57. The number of imide groups is 1. The van der Waals surface area contributed by atoms with Gasteiger partial charge in [0.05, 0.1) is 50.8 Å². The fourth-order valence-electron chi connectivity index (χ4n) is 4.03. The predicted octanol–water partition coefficient (Wildman–Crippen LogP) is 1.61. The molecule has 1 unspecified atom stereocenters. The number of carbonyl (C=O) groups is 5. The summed E-state index contributed by atoms with van der Waals surface area (Å²) in [6.45, 7) is 4.55. The number of aldehydes is 2. The van der Waals surface area contributed by atoms with Crippen molar-refractivity contribution in [2.45, 2.75) is 44.6 Å². The monoisotopic (exact) mass is 563 g/mol. The van der Waals surface area contributed by atoms with Crippen molar-refractivity contribution in [2.75, 3.05) is 71.8 Å². The van der Waals surface area contributed by atoms with E-state index >= 15 is 0 Å². The van der Waals surface area contributed by atoms with Crippen LogP contribution in [-0.4, -0.2) is 108 Å². The molecule has 40 heavy (non-hydrogen) atoms. The van der Waals surface area contributed by atoms with Gasteiger partial charge in [0.15, 0.2) is 6.29 Å². The molecule has 0 bridgehead atoms. The lowest BCUT2D eigenvalue weighted by Crippen LogP contribution is -2.53. The summed E-state index contributed by atoms with van der Waals surface area (Å²) in [5.41, 5.74) is 0.898. The molecule has 1 saturated heterocycles. The van der Waals surface area contributed by atoms with Gasteiger partial charge in [0, 0.05) is 45.3 Å². The topological polar surface area (TPSA) is 150 Å². The highest BCUT2D eigenvalue weighted by molar-refractivity contribution is 6.07. The van der Waals surface area contributed by atoms with Gasteiger partial charge in [0.1, 0.15) is 12.3 Å². The Hall–Kier alpha value is -3.19. The van der Waals surface area contributed by atoms with E-state index in [1.807, 2.05) is 0 Å². The van der Waals surface area contributed by atoms with Crippen LogP contribution >= 0.6 is 0 Å². The van der Waals surface area contributed by atoms with Crippen LogP contribution in [0.1, 0.15) is 59.2 Å². The minimum atomic E-state index is -0.771. The first-order valence-corrected chi connectivity index (χ1v) is 13.7. The van der Waals surface area contributed by atoms with Gasteiger partial charge in [0.25, 0.3) is 5.91 Å². The minimum Gasteiger partial charge on any atom is -0.382 e. The Kier molecular flexibility index (Phi) is 16.3. The zero-order valence-corrected chi connectivity index (χ0v) is 23.2. The van der Waals surface area contributed by atoms with Crippen molar-refractivity contribution in [3.05, 3.63) is 29.3 Å². The molecule has 2 rings (SSSR count). The van der Waals surface area contributed by atoms with E-state index in [9.17, 15) is 24.0 Å². The van der Waals surface area contributed by atoms with E-state index in [1.165, 1.54) is 11.9 Å². The largest absolute Gasteiger partial charge is 0.382 e. The third-order valence-corrected chi connectivity index (χ3v) is 6.22. The van der Waals surface area contributed by atoms with Gasteiger partial charge in [0.2, 0.25) is 11.8 Å². The number of hydrogen-bond donors (Lipinski definition) is 2. The molecule has 1 aliphatic rings. The molecule has 222 valence electrons. The number of carbonyl (C=O) groups excluding carboxylic acids is 5. The normalized spacial score (nSPS) is 15.0. The fraction of sp³-hybridized carbons (Fsp3) is 0.607. The van der Waals surface area contributed by atoms with Crippen LogP contribution in [0.5, 0.6) is 0 Å². The number of piperidine rings is 1. The summed E-state index contributed by atoms with van der Waals surface area (Å²) in [6.07, 6.45) is 5.03. The molecule has 1 aliphatic heterocycles. The van der Waals surface area contributed by atoms with Crippen molar-refractivity contribution in [2.24, 2.45) is 0 Å². The lowest BCUT2D eigenvalue weighted by molar-refractivity contribution is -0.136. The molecule has 1 aromatic rings. The molecule has 12 nitrogen and oxygen atoms in total. The number of unbranched alkanes of at least 4 members (excludes halogenated alkanes) is 2. The van der Waals surface area contributed by atoms with E-state index < -0.39 is 17.9 Å². The van der Waals surface area contributed by atoms with E-state index in [2.05, 4.69) is 10.6 Å². The third-order valence-electron chi connectivity index (χ3n) is 6.22. The number of ether oxygens (including phenoxy) is 4. The first-order chi connectivity index (χ1) is 19.5. The first kappa shape index (κ1) is 33.0. The third kappa shape index (κ3) is 11.9. The maximum absolute atomic E-state index is 13.1. The molecular formula is C28H41N3O9. The van der Waals surface area contributed by atoms with Gasteiger partial charge in [-0.05, 0) is 37.8 Å². The average molecular weight is 564 g/mol. The van der Waals surface area contributed by atoms with Gasteiger partial charge in [-0.3, -0.25) is 24.5 Å². The Bertz CT molecular complexity index is 957. The highest BCUT2D eigenvalue weighted by atomic mass is 16.5. The summed E-state index contributed by atoms with van der Waals surface area (Å²) >= 11 is 0. The summed E-state index contributed by atoms with van der Waals surface area (Å²) in [7, 11) is 1.49. The van der Waals surface area contributed by atoms with Crippen molar-refractivity contribution in [3.63, 3.8) is 0 Å². The molecule has 1 fully saturated rings. The molecule has 1 heterocycles. The second kappa shape index (κ2) is 19.8. The molecule has 0 aromatic heterocycles. The SMILES string of the molecule is CN(C(=O)c1cccc(NCCOCCCCCOCCOCCOCCC=O)c1C=O)C1CCC(=O)NC1=O. The molecular weight excluding hydrogens is 522 g/mol. The van der Waals surface area contributed by atoms with E-state index in [1.54, 1.807) is 18.2 Å². The molecule has 1 aromatic carbocycles. The van der Waals surface area contributed by atoms with Crippen LogP contribution < -0.4 is 10.6 Å². The van der Waals surface area contributed by atoms with E-state index in [0.717, 1.165) is 25.5 Å². The van der Waals surface area contributed by atoms with Crippen molar-refractivity contribution in [1.82, 2.24) is 10.2 Å². The Morgan fingerprint density at radius 3 is 2.25 bits per heavy atom. The Morgan fingerprint density at radius 2 is 1.60 bits per heavy atom. The van der Waals surface area contributed by atoms with Crippen molar-refractivity contribution in [1.29, 1.82) is 0 Å². The highest BCUT2D eigenvalue weighted by Gasteiger charge is 2.33. The number of nitrogens with zero attached hydrogens (tertiary/aromatic N) is 1. The van der Waals surface area contributed by atoms with Crippen LogP contribution in [-0.2, 0) is 33.3 Å². The van der Waals surface area contributed by atoms with Gasteiger partial charge in [-0.25, -0.2) is 0 Å². The maximum Gasteiger partial charge on any atom is 0.255 e. The van der Waals surface area contributed by atoms with Crippen molar-refractivity contribution < 1.29 is 42.9 Å². The lowest BCUT2D eigenvalue weighted by atomic mass is 10.0. The van der Waals surface area contributed by atoms with E-state index in [-0.39, 0.29) is 29.9 Å². The summed E-state index contributed by atoms with van der Waals surface area (Å²) < 4.78 is 21.8. The predicted molar refractivity (Wildman–Crippen MR) is 146 cm³/mol. The molecule has 0 saturated carbocycles. The second-order valence-electron chi connectivity index (χ2n) is 9.16. The summed E-state index contributed by atoms with van der Waals surface area (Å²) in [4.78, 5) is 59.9. The van der Waals surface area contributed by atoms with Crippen LogP contribution in [0.3, 0.4) is 0 Å². The van der Waals surface area contributed by atoms with Crippen molar-refractivity contribution >= 4 is 36.0 Å². The van der Waals surface area contributed by atoms with Gasteiger partial charge >= 0.3 is 0 Å². The standard InChI is InChI=1S/C28H41N3O9/c1-31(25-9-10-26(34)30-27(25)35)28(36)22-7-5-8-24(23(22)21-33)29-11-16-37-13-3-2-4-14-38-17-19-40-20-18-39-15-6-12-32/h5,7-8,12,21,25,29H,2-4,6,9-11,13-20H2,1H3,(H,30,34,35). The number of amides is 3. The van der Waals surface area contributed by atoms with Crippen LogP contribution in [0.2, 0.25) is 0 Å². The quantitative estimate of drug-likeness (QED) is 0.121. The van der Waals surface area contributed by atoms with Crippen LogP contribution in [0.25, 0.3) is 0 Å². The van der Waals surface area contributed by atoms with Gasteiger partial charge < -0.3 is 34.0 Å². The molecule has 3 amide bonds. The van der Waals surface area contributed by atoms with Crippen LogP contribution in [0.4, 0.5) is 5.69 Å². The summed E-state index contributed by atoms with van der Waals surface area (Å²) in [5.74, 6) is -1.35. The molecule has 0 aliphatic carbocycles. The van der Waals surface area contributed by atoms with Gasteiger partial charge in [-0.15, -0.1) is 0 Å². The number of anilines is 1. The zero-order valence-electron chi connectivity index (χ0n) is 23.2. The highest BCUT2D eigenvalue weighted by Crippen LogP contribution is 2.21. The maximum atomic E-state index is 13.1. The summed E-state index contributed by atoms with van der Waals surface area (Å²) in [6, 6.07) is 4.15. The number of likely N-dealkylation sites (N-methyl/N-ethyl adjacent to an activating group) is 1. The number of nitrogens with one attached hydrogen (secondary N) is 2. The van der Waals surface area contributed by atoms with E-state index in [4.69, 9.17) is 18.9 Å². The Labute approximate surface area is 235 Å². The fourth-order valence-corrected chi connectivity index (χ4v) is 4.03. The number of rotatable bonds is 22. The first-order valence-electron chi connectivity index (χ1n) is 13.7. The molecule has 0 radical (unpaired) electrons. The Morgan fingerprint density at radius 1 is 0.950 bits per heavy atom. The minimum absolute atomic E-state index is 0.155. The summed E-state index contributed by atoms with van der Waals surface area (Å²) in [5, 5.41) is 5.38. The van der Waals surface area contributed by atoms with Gasteiger partial charge in [-0.2, -0.15) is 0 Å². The van der Waals surface area contributed by atoms with E-state index in [0.29, 0.717) is 77.8 Å². The number of benzene rings is 1. The number of hydrogen-bond acceptors (Lipinski definition) is 10. The van der Waals surface area contributed by atoms with Gasteiger partial charge in [-0.1, -0.05) is 6.07 Å². The molecule has 12 heteroatoms. The van der Waals surface area contributed by atoms with Crippen LogP contribution in [0.15, 0.2) is 18.2 Å². The molecule has 0 spiro atoms.